The summed E-state index contributed by atoms with van der Waals surface area (Å²) in [6, 6.07) is 14.1. The predicted molar refractivity (Wildman–Crippen MR) is 89.0 cm³/mol. The van der Waals surface area contributed by atoms with Crippen LogP contribution in [0.2, 0.25) is 10.0 Å². The zero-order chi connectivity index (χ0) is 14.7. The standard InChI is InChI=1S/C17H17Cl2N2/c18-14-5-6-16(17(19)11-14)15-4-2-1-3-13(15)12-21-9-7-20-8-10-21/h1-6,11H,7-10,12H2. The SMILES string of the molecule is Clc1ccc(-c2ccccc2CN2CC[N]CC2)c(Cl)c1. The largest absolute Gasteiger partial charge is 0.296 e. The molecule has 2 aromatic carbocycles. The third kappa shape index (κ3) is 3.58. The van der Waals surface area contributed by atoms with Crippen LogP contribution in [-0.2, 0) is 6.54 Å². The summed E-state index contributed by atoms with van der Waals surface area (Å²) in [5, 5.41) is 5.76. The van der Waals surface area contributed by atoms with Gasteiger partial charge in [0.05, 0.1) is 0 Å². The molecular formula is C17H17Cl2N2. The lowest BCUT2D eigenvalue weighted by Crippen LogP contribution is -2.39. The summed E-state index contributed by atoms with van der Waals surface area (Å²) >= 11 is 12.4. The third-order valence-corrected chi connectivity index (χ3v) is 4.33. The van der Waals surface area contributed by atoms with Gasteiger partial charge in [0.25, 0.3) is 0 Å². The van der Waals surface area contributed by atoms with Crippen LogP contribution in [0, 0.1) is 0 Å². The highest BCUT2D eigenvalue weighted by atomic mass is 35.5. The highest BCUT2D eigenvalue weighted by Crippen LogP contribution is 2.33. The summed E-state index contributed by atoms with van der Waals surface area (Å²) in [4.78, 5) is 2.44. The molecule has 3 rings (SSSR count). The Labute approximate surface area is 135 Å². The van der Waals surface area contributed by atoms with Crippen LogP contribution >= 0.6 is 23.2 Å². The molecule has 0 spiro atoms. The maximum atomic E-state index is 6.37. The predicted octanol–water partition coefficient (Wildman–Crippen LogP) is 4.08. The molecule has 0 saturated carbocycles. The van der Waals surface area contributed by atoms with Gasteiger partial charge < -0.3 is 0 Å². The number of benzene rings is 2. The van der Waals surface area contributed by atoms with Crippen molar-refractivity contribution in [2.24, 2.45) is 0 Å². The third-order valence-electron chi connectivity index (χ3n) is 3.78. The Morgan fingerprint density at radius 3 is 2.48 bits per heavy atom. The van der Waals surface area contributed by atoms with Crippen LogP contribution in [-0.4, -0.2) is 31.1 Å². The summed E-state index contributed by atoms with van der Waals surface area (Å²) in [6.07, 6.45) is 0. The summed E-state index contributed by atoms with van der Waals surface area (Å²) in [6.45, 7) is 4.86. The molecule has 0 amide bonds. The summed E-state index contributed by atoms with van der Waals surface area (Å²) < 4.78 is 0. The van der Waals surface area contributed by atoms with E-state index in [1.807, 2.05) is 12.1 Å². The average molecular weight is 320 g/mol. The van der Waals surface area contributed by atoms with Crippen LogP contribution in [0.1, 0.15) is 5.56 Å². The minimum Gasteiger partial charge on any atom is -0.296 e. The van der Waals surface area contributed by atoms with Gasteiger partial charge in [0.15, 0.2) is 0 Å². The van der Waals surface area contributed by atoms with Crippen molar-refractivity contribution in [1.29, 1.82) is 0 Å². The summed E-state index contributed by atoms with van der Waals surface area (Å²) in [5.74, 6) is 0. The molecule has 1 aliphatic heterocycles. The molecule has 0 aliphatic carbocycles. The minimum absolute atomic E-state index is 0.666. The second-order valence-corrected chi connectivity index (χ2v) is 6.07. The molecule has 0 bridgehead atoms. The fourth-order valence-electron chi connectivity index (χ4n) is 2.68. The Morgan fingerprint density at radius 1 is 0.952 bits per heavy atom. The Bertz CT molecular complexity index is 622. The lowest BCUT2D eigenvalue weighted by atomic mass is 9.99. The maximum absolute atomic E-state index is 6.37. The van der Waals surface area contributed by atoms with Gasteiger partial charge in [-0.1, -0.05) is 53.5 Å². The lowest BCUT2D eigenvalue weighted by molar-refractivity contribution is 0.231. The van der Waals surface area contributed by atoms with Gasteiger partial charge in [-0.15, -0.1) is 0 Å². The monoisotopic (exact) mass is 319 g/mol. The van der Waals surface area contributed by atoms with Crippen molar-refractivity contribution >= 4 is 23.2 Å². The topological polar surface area (TPSA) is 17.3 Å². The van der Waals surface area contributed by atoms with E-state index in [1.165, 1.54) is 11.1 Å². The normalized spacial score (nSPS) is 16.1. The molecule has 2 nitrogen and oxygen atoms in total. The van der Waals surface area contributed by atoms with Gasteiger partial charge >= 0.3 is 0 Å². The van der Waals surface area contributed by atoms with Crippen molar-refractivity contribution < 1.29 is 0 Å². The van der Waals surface area contributed by atoms with Crippen molar-refractivity contribution in [2.75, 3.05) is 26.2 Å². The Kier molecular flexibility index (Phi) is 4.81. The molecular weight excluding hydrogens is 303 g/mol. The molecule has 2 aromatic rings. The quantitative estimate of drug-likeness (QED) is 0.833. The van der Waals surface area contributed by atoms with Gasteiger partial charge in [0.2, 0.25) is 0 Å². The Hall–Kier alpha value is -1.06. The molecule has 4 heteroatoms. The second-order valence-electron chi connectivity index (χ2n) is 5.23. The van der Waals surface area contributed by atoms with E-state index in [0.717, 1.165) is 38.3 Å². The molecule has 1 heterocycles. The van der Waals surface area contributed by atoms with E-state index in [4.69, 9.17) is 23.2 Å². The number of hydrogen-bond donors (Lipinski definition) is 0. The van der Waals surface area contributed by atoms with E-state index in [9.17, 15) is 0 Å². The van der Waals surface area contributed by atoms with Gasteiger partial charge in [-0.2, -0.15) is 0 Å². The van der Waals surface area contributed by atoms with Crippen LogP contribution < -0.4 is 5.32 Å². The van der Waals surface area contributed by atoms with Gasteiger partial charge in [0, 0.05) is 48.3 Å². The molecule has 1 saturated heterocycles. The van der Waals surface area contributed by atoms with Gasteiger partial charge in [-0.05, 0) is 23.3 Å². The van der Waals surface area contributed by atoms with E-state index in [0.29, 0.717) is 10.0 Å². The Balaban J connectivity index is 1.91. The molecule has 109 valence electrons. The first-order valence-corrected chi connectivity index (χ1v) is 7.88. The smallest absolute Gasteiger partial charge is 0.0499 e. The van der Waals surface area contributed by atoms with Crippen molar-refractivity contribution in [1.82, 2.24) is 10.2 Å². The molecule has 1 aliphatic rings. The van der Waals surface area contributed by atoms with E-state index in [1.54, 1.807) is 6.07 Å². The molecule has 0 unspecified atom stereocenters. The second kappa shape index (κ2) is 6.80. The highest BCUT2D eigenvalue weighted by Gasteiger charge is 2.14. The highest BCUT2D eigenvalue weighted by molar-refractivity contribution is 6.36. The number of rotatable bonds is 3. The van der Waals surface area contributed by atoms with Crippen LogP contribution in [0.5, 0.6) is 0 Å². The molecule has 1 fully saturated rings. The Morgan fingerprint density at radius 2 is 1.71 bits per heavy atom. The van der Waals surface area contributed by atoms with Crippen LogP contribution in [0.3, 0.4) is 0 Å². The molecule has 0 atom stereocenters. The molecule has 0 aromatic heterocycles. The molecule has 21 heavy (non-hydrogen) atoms. The molecule has 0 N–H and O–H groups in total. The van der Waals surface area contributed by atoms with E-state index in [2.05, 4.69) is 34.5 Å². The number of hydrogen-bond acceptors (Lipinski definition) is 1. The average Bonchev–Trinajstić information content (AvgIpc) is 2.49. The zero-order valence-electron chi connectivity index (χ0n) is 11.7. The van der Waals surface area contributed by atoms with Crippen LogP contribution in [0.15, 0.2) is 42.5 Å². The van der Waals surface area contributed by atoms with E-state index < -0.39 is 0 Å². The van der Waals surface area contributed by atoms with Crippen molar-refractivity contribution in [2.45, 2.75) is 6.54 Å². The maximum Gasteiger partial charge on any atom is 0.0499 e. The summed E-state index contributed by atoms with van der Waals surface area (Å²) in [5.41, 5.74) is 3.52. The first-order chi connectivity index (χ1) is 10.2. The van der Waals surface area contributed by atoms with Gasteiger partial charge in [-0.25, -0.2) is 5.32 Å². The van der Waals surface area contributed by atoms with E-state index in [-0.39, 0.29) is 0 Å². The lowest BCUT2D eigenvalue weighted by Gasteiger charge is -2.27. The summed E-state index contributed by atoms with van der Waals surface area (Å²) in [7, 11) is 0. The van der Waals surface area contributed by atoms with Crippen LogP contribution in [0.25, 0.3) is 11.1 Å². The first kappa shape index (κ1) is 14.9. The van der Waals surface area contributed by atoms with Crippen LogP contribution in [0.4, 0.5) is 0 Å². The van der Waals surface area contributed by atoms with Crippen molar-refractivity contribution in [3.8, 4) is 11.1 Å². The fraction of sp³-hybridized carbons (Fsp3) is 0.294. The minimum atomic E-state index is 0.666. The first-order valence-electron chi connectivity index (χ1n) is 7.13. The number of nitrogens with zero attached hydrogens (tertiary/aromatic N) is 2. The fourth-order valence-corrected chi connectivity index (χ4v) is 3.19. The van der Waals surface area contributed by atoms with Gasteiger partial charge in [0.1, 0.15) is 0 Å². The van der Waals surface area contributed by atoms with Crippen molar-refractivity contribution in [3.05, 3.63) is 58.1 Å². The van der Waals surface area contributed by atoms with Gasteiger partial charge in [-0.3, -0.25) is 4.90 Å². The number of halogens is 2. The van der Waals surface area contributed by atoms with Crippen molar-refractivity contribution in [3.63, 3.8) is 0 Å². The molecule has 1 radical (unpaired) electrons. The number of piperazine rings is 1. The zero-order valence-corrected chi connectivity index (χ0v) is 13.2. The van der Waals surface area contributed by atoms with E-state index >= 15 is 0 Å².